The van der Waals surface area contributed by atoms with Gasteiger partial charge in [0.05, 0.1) is 27.1 Å². The Bertz CT molecular complexity index is 1300. The van der Waals surface area contributed by atoms with Crippen molar-refractivity contribution in [2.75, 3.05) is 32.4 Å². The first-order valence-corrected chi connectivity index (χ1v) is 12.3. The number of aromatic nitrogens is 2. The van der Waals surface area contributed by atoms with Crippen LogP contribution in [0, 0.1) is 0 Å². The number of nitrogens with zero attached hydrogens (tertiary/aromatic N) is 2. The van der Waals surface area contributed by atoms with Gasteiger partial charge in [0.25, 0.3) is 0 Å². The molecular weight excluding hydrogens is 541 g/mol. The fourth-order valence-corrected chi connectivity index (χ4v) is 3.83. The molecule has 10 nitrogen and oxygen atoms in total. The van der Waals surface area contributed by atoms with Gasteiger partial charge in [-0.1, -0.05) is 30.8 Å². The molecule has 0 unspecified atom stereocenters. The standard InChI is InChI=1S/C25H25F3N4O6S/c1-5-14-6-8-15(9-7-14)29-23(34)31-20(33)13-39-24-30-19(25(26,27)28)12-21(32-24)38-16-10-17(35-2)22(37-4)18(11-16)36-3/h6-12H,5,13H2,1-4H3,(H2,29,31,33,34). The summed E-state index contributed by atoms with van der Waals surface area (Å²) >= 11 is 0.594. The van der Waals surface area contributed by atoms with Crippen molar-refractivity contribution in [1.29, 1.82) is 0 Å². The van der Waals surface area contributed by atoms with Crippen molar-refractivity contribution >= 4 is 29.4 Å². The highest BCUT2D eigenvalue weighted by Crippen LogP contribution is 2.42. The van der Waals surface area contributed by atoms with Gasteiger partial charge in [-0.3, -0.25) is 10.1 Å². The maximum absolute atomic E-state index is 13.5. The van der Waals surface area contributed by atoms with Crippen LogP contribution < -0.4 is 29.6 Å². The number of anilines is 1. The summed E-state index contributed by atoms with van der Waals surface area (Å²) in [7, 11) is 4.14. The number of alkyl halides is 3. The van der Waals surface area contributed by atoms with E-state index in [0.29, 0.717) is 23.5 Å². The largest absolute Gasteiger partial charge is 0.493 e. The highest BCUT2D eigenvalue weighted by molar-refractivity contribution is 7.99. The molecule has 2 aromatic carbocycles. The minimum atomic E-state index is -4.82. The van der Waals surface area contributed by atoms with Gasteiger partial charge in [0.1, 0.15) is 5.75 Å². The van der Waals surface area contributed by atoms with Crippen LogP contribution in [0.3, 0.4) is 0 Å². The van der Waals surface area contributed by atoms with Gasteiger partial charge in [0.2, 0.25) is 17.5 Å². The van der Waals surface area contributed by atoms with E-state index < -0.39 is 40.6 Å². The van der Waals surface area contributed by atoms with E-state index in [4.69, 9.17) is 18.9 Å². The summed E-state index contributed by atoms with van der Waals surface area (Å²) in [6.45, 7) is 1.99. The molecule has 39 heavy (non-hydrogen) atoms. The first kappa shape index (κ1) is 29.4. The quantitative estimate of drug-likeness (QED) is 0.248. The van der Waals surface area contributed by atoms with Crippen molar-refractivity contribution in [1.82, 2.24) is 15.3 Å². The normalized spacial score (nSPS) is 10.9. The molecule has 0 saturated heterocycles. The third-order valence-electron chi connectivity index (χ3n) is 5.04. The van der Waals surface area contributed by atoms with Gasteiger partial charge >= 0.3 is 12.2 Å². The predicted octanol–water partition coefficient (Wildman–Crippen LogP) is 5.32. The molecule has 3 amide bonds. The Hall–Kier alpha value is -4.20. The first-order chi connectivity index (χ1) is 18.6. The van der Waals surface area contributed by atoms with Crippen molar-refractivity contribution in [3.05, 3.63) is 53.7 Å². The van der Waals surface area contributed by atoms with Crippen molar-refractivity contribution in [3.63, 3.8) is 0 Å². The minimum absolute atomic E-state index is 0.0497. The lowest BCUT2D eigenvalue weighted by molar-refractivity contribution is -0.141. The molecule has 0 fully saturated rings. The average Bonchev–Trinajstić information content (AvgIpc) is 2.91. The molecule has 1 aromatic heterocycles. The Morgan fingerprint density at radius 3 is 2.13 bits per heavy atom. The lowest BCUT2D eigenvalue weighted by atomic mass is 10.1. The number of thioether (sulfide) groups is 1. The van der Waals surface area contributed by atoms with E-state index in [2.05, 4.69) is 20.6 Å². The van der Waals surface area contributed by atoms with E-state index in [1.54, 1.807) is 12.1 Å². The smallest absolute Gasteiger partial charge is 0.433 e. The third-order valence-corrected chi connectivity index (χ3v) is 5.89. The topological polar surface area (TPSA) is 121 Å². The van der Waals surface area contributed by atoms with Crippen LogP contribution >= 0.6 is 11.8 Å². The summed E-state index contributed by atoms with van der Waals surface area (Å²) in [5, 5.41) is 4.22. The number of carbonyl (C=O) groups is 2. The fraction of sp³-hybridized carbons (Fsp3) is 0.280. The Morgan fingerprint density at radius 1 is 0.949 bits per heavy atom. The van der Waals surface area contributed by atoms with E-state index >= 15 is 0 Å². The van der Waals surface area contributed by atoms with Crippen LogP contribution in [0.1, 0.15) is 18.2 Å². The zero-order chi connectivity index (χ0) is 28.6. The summed E-state index contributed by atoms with van der Waals surface area (Å²) < 4.78 is 61.7. The van der Waals surface area contributed by atoms with E-state index in [1.807, 2.05) is 19.1 Å². The Balaban J connectivity index is 1.72. The van der Waals surface area contributed by atoms with Crippen LogP contribution in [0.5, 0.6) is 28.9 Å². The van der Waals surface area contributed by atoms with Crippen LogP contribution in [-0.4, -0.2) is 49.0 Å². The van der Waals surface area contributed by atoms with Gasteiger partial charge in [0, 0.05) is 23.9 Å². The molecule has 0 bridgehead atoms. The number of rotatable bonds is 10. The second kappa shape index (κ2) is 13.0. The number of hydrogen-bond donors (Lipinski definition) is 2. The molecule has 208 valence electrons. The summed E-state index contributed by atoms with van der Waals surface area (Å²) in [4.78, 5) is 31.8. The molecule has 0 aliphatic carbocycles. The maximum Gasteiger partial charge on any atom is 0.433 e. The fourth-order valence-electron chi connectivity index (χ4n) is 3.18. The summed E-state index contributed by atoms with van der Waals surface area (Å²) in [6, 6.07) is 9.61. The number of benzene rings is 2. The molecule has 3 aromatic rings. The number of hydrogen-bond acceptors (Lipinski definition) is 9. The number of urea groups is 1. The van der Waals surface area contributed by atoms with Crippen molar-refractivity contribution in [2.45, 2.75) is 24.7 Å². The molecule has 2 N–H and O–H groups in total. The lowest BCUT2D eigenvalue weighted by Gasteiger charge is -2.15. The van der Waals surface area contributed by atoms with E-state index in [1.165, 1.54) is 33.5 Å². The van der Waals surface area contributed by atoms with Crippen LogP contribution in [0.15, 0.2) is 47.6 Å². The van der Waals surface area contributed by atoms with Crippen molar-refractivity contribution in [3.8, 4) is 28.9 Å². The Morgan fingerprint density at radius 2 is 1.59 bits per heavy atom. The molecule has 0 aliphatic rings. The lowest BCUT2D eigenvalue weighted by Crippen LogP contribution is -2.35. The van der Waals surface area contributed by atoms with E-state index in [-0.39, 0.29) is 23.0 Å². The van der Waals surface area contributed by atoms with Gasteiger partial charge in [0.15, 0.2) is 22.3 Å². The maximum atomic E-state index is 13.5. The molecule has 0 radical (unpaired) electrons. The molecule has 0 spiro atoms. The van der Waals surface area contributed by atoms with Crippen LogP contribution in [-0.2, 0) is 17.4 Å². The van der Waals surface area contributed by atoms with Crippen LogP contribution in [0.2, 0.25) is 0 Å². The van der Waals surface area contributed by atoms with E-state index in [9.17, 15) is 22.8 Å². The SMILES string of the molecule is CCc1ccc(NC(=O)NC(=O)CSc2nc(Oc3cc(OC)c(OC)c(OC)c3)cc(C(F)(F)F)n2)cc1. The Kier molecular flexibility index (Phi) is 9.82. The summed E-state index contributed by atoms with van der Waals surface area (Å²) in [5.74, 6) is -0.916. The van der Waals surface area contributed by atoms with Gasteiger partial charge in [-0.15, -0.1) is 0 Å². The zero-order valence-electron chi connectivity index (χ0n) is 21.3. The monoisotopic (exact) mass is 566 g/mol. The first-order valence-electron chi connectivity index (χ1n) is 11.3. The molecule has 0 saturated carbocycles. The number of aryl methyl sites for hydroxylation is 1. The zero-order valence-corrected chi connectivity index (χ0v) is 22.2. The van der Waals surface area contributed by atoms with Gasteiger partial charge in [-0.05, 0) is 24.1 Å². The van der Waals surface area contributed by atoms with Crippen LogP contribution in [0.25, 0.3) is 0 Å². The molecule has 3 rings (SSSR count). The predicted molar refractivity (Wildman–Crippen MR) is 137 cm³/mol. The summed E-state index contributed by atoms with van der Waals surface area (Å²) in [6.07, 6.45) is -3.99. The highest BCUT2D eigenvalue weighted by atomic mass is 32.2. The highest BCUT2D eigenvalue weighted by Gasteiger charge is 2.34. The number of methoxy groups -OCH3 is 3. The number of nitrogens with one attached hydrogen (secondary N) is 2. The van der Waals surface area contributed by atoms with Crippen molar-refractivity contribution < 1.29 is 41.7 Å². The summed E-state index contributed by atoms with van der Waals surface area (Å²) in [5.41, 5.74) is 0.263. The molecule has 0 aliphatic heterocycles. The molecular formula is C25H25F3N4O6S. The third kappa shape index (κ3) is 8.14. The number of ether oxygens (including phenoxy) is 4. The number of imide groups is 1. The number of halogens is 3. The van der Waals surface area contributed by atoms with Gasteiger partial charge < -0.3 is 24.3 Å². The second-order valence-electron chi connectivity index (χ2n) is 7.68. The Labute approximate surface area is 226 Å². The van der Waals surface area contributed by atoms with Gasteiger partial charge in [-0.2, -0.15) is 18.2 Å². The molecule has 14 heteroatoms. The van der Waals surface area contributed by atoms with E-state index in [0.717, 1.165) is 12.0 Å². The number of amides is 3. The van der Waals surface area contributed by atoms with Crippen molar-refractivity contribution in [2.24, 2.45) is 0 Å². The minimum Gasteiger partial charge on any atom is -0.493 e. The van der Waals surface area contributed by atoms with Crippen LogP contribution in [0.4, 0.5) is 23.7 Å². The average molecular weight is 567 g/mol. The second-order valence-corrected chi connectivity index (χ2v) is 8.62. The number of carbonyl (C=O) groups excluding carboxylic acids is 2. The molecule has 0 atom stereocenters. The van der Waals surface area contributed by atoms with Gasteiger partial charge in [-0.25, -0.2) is 9.78 Å². The molecule has 1 heterocycles.